The van der Waals surface area contributed by atoms with Gasteiger partial charge in [0.05, 0.1) is 30.5 Å². The molecule has 3 heterocycles. The molecule has 2 aliphatic rings. The van der Waals surface area contributed by atoms with Crippen LogP contribution in [0.3, 0.4) is 0 Å². The molecule has 5 rings (SSSR count). The van der Waals surface area contributed by atoms with Gasteiger partial charge in [0, 0.05) is 26.4 Å². The van der Waals surface area contributed by atoms with E-state index in [2.05, 4.69) is 26.0 Å². The lowest BCUT2D eigenvalue weighted by molar-refractivity contribution is -0.0103. The van der Waals surface area contributed by atoms with Gasteiger partial charge in [-0.1, -0.05) is 0 Å². The summed E-state index contributed by atoms with van der Waals surface area (Å²) in [7, 11) is 3.40. The molecule has 4 atom stereocenters. The van der Waals surface area contributed by atoms with E-state index in [0.717, 1.165) is 19.3 Å². The molecule has 0 aromatic carbocycles. The van der Waals surface area contributed by atoms with Crippen molar-refractivity contribution in [2.24, 2.45) is 0 Å². The Morgan fingerprint density at radius 2 is 2.12 bits per heavy atom. The molecule has 1 amide bonds. The lowest BCUT2D eigenvalue weighted by Crippen LogP contribution is -2.50. The fourth-order valence-corrected chi connectivity index (χ4v) is 4.31. The summed E-state index contributed by atoms with van der Waals surface area (Å²) < 4.78 is 8.67. The first-order chi connectivity index (χ1) is 16.0. The molecule has 2 fully saturated rings. The molecule has 0 unspecified atom stereocenters. The Balaban J connectivity index is 1.46. The van der Waals surface area contributed by atoms with E-state index in [-0.39, 0.29) is 35.2 Å². The van der Waals surface area contributed by atoms with E-state index in [0.29, 0.717) is 29.4 Å². The minimum absolute atomic E-state index is 0.0135. The number of anilines is 3. The molecule has 2 saturated carbocycles. The summed E-state index contributed by atoms with van der Waals surface area (Å²) in [5, 5.41) is 23.0. The number of rotatable bonds is 7. The second-order valence-corrected chi connectivity index (χ2v) is 8.47. The zero-order valence-corrected chi connectivity index (χ0v) is 18.5. The second kappa shape index (κ2) is 8.49. The van der Waals surface area contributed by atoms with E-state index in [9.17, 15) is 14.7 Å². The van der Waals surface area contributed by atoms with Crippen molar-refractivity contribution in [3.05, 3.63) is 46.5 Å². The number of carbonyl (C=O) groups excluding carboxylic acids is 1. The molecule has 3 aromatic heterocycles. The van der Waals surface area contributed by atoms with Gasteiger partial charge in [-0.05, 0) is 37.8 Å². The first kappa shape index (κ1) is 21.4. The molecule has 0 saturated heterocycles. The highest BCUT2D eigenvalue weighted by Gasteiger charge is 2.33. The highest BCUT2D eigenvalue weighted by molar-refractivity contribution is 6.00. The number of carbonyl (C=O) groups is 1. The van der Waals surface area contributed by atoms with Gasteiger partial charge in [0.1, 0.15) is 22.9 Å². The predicted octanol–water partition coefficient (Wildman–Crippen LogP) is 1.28. The molecule has 11 heteroatoms. The van der Waals surface area contributed by atoms with Crippen LogP contribution in [-0.4, -0.2) is 62.6 Å². The van der Waals surface area contributed by atoms with Crippen molar-refractivity contribution in [2.45, 2.75) is 50.0 Å². The Morgan fingerprint density at radius 3 is 2.76 bits per heavy atom. The molecule has 11 nitrogen and oxygen atoms in total. The van der Waals surface area contributed by atoms with Crippen molar-refractivity contribution in [1.29, 1.82) is 0 Å². The number of aromatic nitrogens is 4. The maximum atomic E-state index is 13.1. The fourth-order valence-electron chi connectivity index (χ4n) is 4.31. The molecule has 174 valence electrons. The van der Waals surface area contributed by atoms with Gasteiger partial charge in [-0.15, -0.1) is 0 Å². The molecule has 0 radical (unpaired) electrons. The van der Waals surface area contributed by atoms with Gasteiger partial charge in [-0.3, -0.25) is 9.59 Å². The summed E-state index contributed by atoms with van der Waals surface area (Å²) in [4.78, 5) is 30.5. The third kappa shape index (κ3) is 3.72. The third-order valence-electron chi connectivity index (χ3n) is 6.60. The molecule has 0 bridgehead atoms. The van der Waals surface area contributed by atoms with Gasteiger partial charge >= 0.3 is 0 Å². The molecule has 0 aliphatic heterocycles. The van der Waals surface area contributed by atoms with Gasteiger partial charge in [0.2, 0.25) is 0 Å². The number of amides is 1. The van der Waals surface area contributed by atoms with Crippen molar-refractivity contribution in [3.63, 3.8) is 0 Å². The van der Waals surface area contributed by atoms with Crippen LogP contribution in [0.25, 0.3) is 5.65 Å². The minimum atomic E-state index is -0.525. The van der Waals surface area contributed by atoms with Crippen LogP contribution in [0.2, 0.25) is 0 Å². The molecule has 33 heavy (non-hydrogen) atoms. The maximum absolute atomic E-state index is 13.1. The summed E-state index contributed by atoms with van der Waals surface area (Å²) in [6.07, 6.45) is 5.96. The third-order valence-corrected chi connectivity index (χ3v) is 6.60. The number of ether oxygens (including phenoxy) is 1. The Morgan fingerprint density at radius 1 is 1.27 bits per heavy atom. The van der Waals surface area contributed by atoms with E-state index in [1.807, 2.05) is 6.07 Å². The lowest BCUT2D eigenvalue weighted by Gasteiger charge is -2.36. The monoisotopic (exact) mass is 453 g/mol. The number of hydrogen-bond acceptors (Lipinski definition) is 8. The van der Waals surface area contributed by atoms with E-state index < -0.39 is 6.10 Å². The number of methoxy groups -OCH3 is 1. The predicted molar refractivity (Wildman–Crippen MR) is 122 cm³/mol. The number of aliphatic hydroxyl groups excluding tert-OH is 1. The summed E-state index contributed by atoms with van der Waals surface area (Å²) >= 11 is 0. The molecular formula is C22H27N7O4. The Bertz CT molecular complexity index is 1250. The Kier molecular flexibility index (Phi) is 5.51. The van der Waals surface area contributed by atoms with Crippen LogP contribution in [-0.2, 0) is 4.74 Å². The molecular weight excluding hydrogens is 426 g/mol. The second-order valence-electron chi connectivity index (χ2n) is 8.47. The average molecular weight is 454 g/mol. The van der Waals surface area contributed by atoms with Crippen LogP contribution >= 0.6 is 0 Å². The van der Waals surface area contributed by atoms with Crippen molar-refractivity contribution < 1.29 is 14.6 Å². The van der Waals surface area contributed by atoms with Gasteiger partial charge in [-0.25, -0.2) is 4.98 Å². The maximum Gasteiger partial charge on any atom is 0.274 e. The minimum Gasteiger partial charge on any atom is -0.391 e. The normalized spacial score (nSPS) is 24.1. The van der Waals surface area contributed by atoms with Gasteiger partial charge < -0.3 is 30.4 Å². The van der Waals surface area contributed by atoms with E-state index in [1.54, 1.807) is 37.1 Å². The van der Waals surface area contributed by atoms with Crippen LogP contribution in [0.15, 0.2) is 35.4 Å². The summed E-state index contributed by atoms with van der Waals surface area (Å²) in [6.45, 7) is 0. The lowest BCUT2D eigenvalue weighted by atomic mass is 9.88. The van der Waals surface area contributed by atoms with Gasteiger partial charge in [0.25, 0.3) is 11.5 Å². The molecule has 4 N–H and O–H groups in total. The smallest absolute Gasteiger partial charge is 0.274 e. The van der Waals surface area contributed by atoms with Crippen molar-refractivity contribution in [1.82, 2.24) is 24.5 Å². The number of aliphatic hydroxyl groups is 1. The Labute approximate surface area is 189 Å². The Hall–Kier alpha value is -3.44. The summed E-state index contributed by atoms with van der Waals surface area (Å²) in [6, 6.07) is 4.98. The van der Waals surface area contributed by atoms with E-state index in [1.165, 1.54) is 10.7 Å². The molecule has 3 aromatic rings. The summed E-state index contributed by atoms with van der Waals surface area (Å²) in [5.74, 6) is 0.648. The van der Waals surface area contributed by atoms with E-state index in [4.69, 9.17) is 4.74 Å². The average Bonchev–Trinajstić information content (AvgIpc) is 3.22. The highest BCUT2D eigenvalue weighted by atomic mass is 16.5. The zero-order chi connectivity index (χ0) is 23.1. The topological polar surface area (TPSA) is 135 Å². The van der Waals surface area contributed by atoms with Crippen LogP contribution in [0.1, 0.15) is 42.1 Å². The van der Waals surface area contributed by atoms with Crippen LogP contribution in [0.4, 0.5) is 17.3 Å². The first-order valence-corrected chi connectivity index (χ1v) is 11.1. The van der Waals surface area contributed by atoms with Crippen molar-refractivity contribution in [3.8, 4) is 0 Å². The quantitative estimate of drug-likeness (QED) is 0.420. The van der Waals surface area contributed by atoms with Crippen molar-refractivity contribution >= 4 is 28.9 Å². The van der Waals surface area contributed by atoms with Crippen LogP contribution in [0.5, 0.6) is 0 Å². The molecule has 0 spiro atoms. The number of fused-ring (bicyclic) bond motifs is 1. The number of nitrogens with zero attached hydrogens (tertiary/aromatic N) is 4. The largest absolute Gasteiger partial charge is 0.391 e. The number of pyridine rings is 1. The molecule has 2 aliphatic carbocycles. The number of nitrogens with one attached hydrogen (secondary N) is 3. The summed E-state index contributed by atoms with van der Waals surface area (Å²) in [5.41, 5.74) is 0.839. The fraction of sp³-hybridized carbons (Fsp3) is 0.455. The zero-order valence-electron chi connectivity index (χ0n) is 18.5. The van der Waals surface area contributed by atoms with Gasteiger partial charge in [-0.2, -0.15) is 9.61 Å². The van der Waals surface area contributed by atoms with Crippen LogP contribution < -0.4 is 21.5 Å². The standard InChI is InChI=1S/C22H27N7O4/c1-23-19-10-18(25-14-4-3-9-28(22(14)32)15-6-8-17(15)33-2)27-20-12(11-24-29(19)20)21(31)26-13-5-7-16(13)30/h3-4,9-11,13,15-17,23,30H,5-8H2,1-2H3,(H,25,27)(H,26,31)/t13-,15-,16+,17-/m1/s1. The number of hydrogen-bond donors (Lipinski definition) is 4. The van der Waals surface area contributed by atoms with Gasteiger partial charge in [0.15, 0.2) is 5.65 Å². The van der Waals surface area contributed by atoms with Crippen molar-refractivity contribution in [2.75, 3.05) is 24.8 Å². The first-order valence-electron chi connectivity index (χ1n) is 11.1. The SMILES string of the molecule is CNc1cc(Nc2cccn([C@@H]3CC[C@H]3OC)c2=O)nc2c(C(=O)N[C@@H]3CC[C@@H]3O)cnn12. The highest BCUT2D eigenvalue weighted by Crippen LogP contribution is 2.33. The van der Waals surface area contributed by atoms with Crippen LogP contribution in [0, 0.1) is 0 Å². The van der Waals surface area contributed by atoms with E-state index >= 15 is 0 Å².